The Morgan fingerprint density at radius 1 is 0.656 bits per heavy atom. The lowest BCUT2D eigenvalue weighted by molar-refractivity contribution is 0.462. The van der Waals surface area contributed by atoms with E-state index in [2.05, 4.69) is 69.4 Å². The maximum Gasteiger partial charge on any atom is 0.0596 e. The highest BCUT2D eigenvalue weighted by Gasteiger charge is 2.21. The third-order valence-corrected chi connectivity index (χ3v) is 7.51. The highest BCUT2D eigenvalue weighted by Crippen LogP contribution is 2.36. The van der Waals surface area contributed by atoms with Crippen molar-refractivity contribution in [1.82, 2.24) is 20.6 Å². The molecule has 2 fully saturated rings. The molecule has 0 saturated carbocycles. The van der Waals surface area contributed by atoms with Crippen LogP contribution in [0.4, 0.5) is 11.4 Å². The first-order valence-electron chi connectivity index (χ1n) is 12.0. The number of aromatic amines is 2. The summed E-state index contributed by atoms with van der Waals surface area (Å²) in [5.41, 5.74) is 7.21. The summed E-state index contributed by atoms with van der Waals surface area (Å²) in [6.45, 7) is 4.39. The zero-order valence-corrected chi connectivity index (χ0v) is 18.5. The van der Waals surface area contributed by atoms with Crippen LogP contribution in [0.15, 0.2) is 48.8 Å². The van der Waals surface area contributed by atoms with Crippen LogP contribution in [0.25, 0.3) is 21.8 Å². The van der Waals surface area contributed by atoms with Crippen LogP contribution in [0.2, 0.25) is 0 Å². The van der Waals surface area contributed by atoms with Crippen molar-refractivity contribution in [2.24, 2.45) is 5.84 Å². The molecule has 0 spiro atoms. The number of nitrogens with two attached hydrogens (primary N) is 1. The molecule has 0 bridgehead atoms. The fourth-order valence-electron chi connectivity index (χ4n) is 5.66. The maximum absolute atomic E-state index is 6.64. The number of fused-ring (bicyclic) bond motifs is 2. The molecule has 6 nitrogen and oxygen atoms in total. The molecule has 0 unspecified atom stereocenters. The summed E-state index contributed by atoms with van der Waals surface area (Å²) in [6.07, 6.45) is 9.17. The summed E-state index contributed by atoms with van der Waals surface area (Å²) in [4.78, 5) is 6.96. The van der Waals surface area contributed by atoms with Gasteiger partial charge in [-0.2, -0.15) is 0 Å². The first-order chi connectivity index (χ1) is 15.8. The summed E-state index contributed by atoms with van der Waals surface area (Å²) >= 11 is 0. The number of benzene rings is 2. The summed E-state index contributed by atoms with van der Waals surface area (Å²) in [6, 6.07) is 13.0. The molecule has 6 N–H and O–H groups in total. The van der Waals surface area contributed by atoms with Crippen molar-refractivity contribution in [3.8, 4) is 0 Å². The third kappa shape index (κ3) is 3.48. The van der Waals surface area contributed by atoms with Crippen molar-refractivity contribution in [2.75, 3.05) is 31.2 Å². The van der Waals surface area contributed by atoms with Gasteiger partial charge in [-0.15, -0.1) is 0 Å². The average Bonchev–Trinajstić information content (AvgIpc) is 3.48. The number of nitrogens with zero attached hydrogens (tertiary/aromatic N) is 1. The van der Waals surface area contributed by atoms with Gasteiger partial charge in [-0.25, -0.2) is 5.84 Å². The van der Waals surface area contributed by atoms with Gasteiger partial charge in [0.25, 0.3) is 0 Å². The van der Waals surface area contributed by atoms with Crippen molar-refractivity contribution < 1.29 is 0 Å². The van der Waals surface area contributed by atoms with E-state index in [-0.39, 0.29) is 0 Å². The molecule has 6 rings (SSSR count). The van der Waals surface area contributed by atoms with Crippen molar-refractivity contribution >= 4 is 33.2 Å². The second-order valence-corrected chi connectivity index (χ2v) is 9.37. The summed E-state index contributed by atoms with van der Waals surface area (Å²) in [7, 11) is 0. The average molecular weight is 429 g/mol. The Kier molecular flexibility index (Phi) is 5.14. The zero-order valence-electron chi connectivity index (χ0n) is 18.5. The molecule has 2 saturated heterocycles. The van der Waals surface area contributed by atoms with Crippen LogP contribution in [-0.4, -0.2) is 36.1 Å². The van der Waals surface area contributed by atoms with Gasteiger partial charge in [0.15, 0.2) is 0 Å². The number of piperidine rings is 2. The molecular weight excluding hydrogens is 396 g/mol. The lowest BCUT2D eigenvalue weighted by Crippen LogP contribution is -2.26. The van der Waals surface area contributed by atoms with Crippen LogP contribution >= 0.6 is 0 Å². The first-order valence-corrected chi connectivity index (χ1v) is 12.0. The lowest BCUT2D eigenvalue weighted by atomic mass is 9.90. The second-order valence-electron chi connectivity index (χ2n) is 9.37. The molecule has 166 valence electrons. The van der Waals surface area contributed by atoms with Gasteiger partial charge in [0.1, 0.15) is 0 Å². The molecule has 2 aliphatic heterocycles. The summed E-state index contributed by atoms with van der Waals surface area (Å²) in [5.74, 6) is 7.88. The highest BCUT2D eigenvalue weighted by molar-refractivity contribution is 5.90. The van der Waals surface area contributed by atoms with Crippen molar-refractivity contribution in [3.05, 3.63) is 59.9 Å². The standard InChI is InChI=1S/C26H32N6/c27-32(19-2-4-25-22(13-19)24(16-30-25)18-7-11-29-12-8-18)20-1-3-21-23(15-31-26(21)14-20)17-5-9-28-10-6-17/h1-4,13-18,28-31H,5-12,27H2. The van der Waals surface area contributed by atoms with E-state index in [9.17, 15) is 0 Å². The quantitative estimate of drug-likeness (QED) is 0.243. The Balaban J connectivity index is 1.31. The van der Waals surface area contributed by atoms with E-state index in [4.69, 9.17) is 5.84 Å². The molecule has 0 amide bonds. The number of aromatic nitrogens is 2. The molecule has 0 aliphatic carbocycles. The third-order valence-electron chi connectivity index (χ3n) is 7.51. The highest BCUT2D eigenvalue weighted by atomic mass is 15.4. The van der Waals surface area contributed by atoms with Crippen molar-refractivity contribution in [3.63, 3.8) is 0 Å². The zero-order chi connectivity index (χ0) is 21.5. The minimum atomic E-state index is 0.607. The Morgan fingerprint density at radius 3 is 1.91 bits per heavy atom. The molecule has 32 heavy (non-hydrogen) atoms. The minimum Gasteiger partial charge on any atom is -0.361 e. The number of hydrogen-bond acceptors (Lipinski definition) is 4. The molecule has 0 radical (unpaired) electrons. The van der Waals surface area contributed by atoms with Gasteiger partial charge < -0.3 is 20.6 Å². The Morgan fingerprint density at radius 2 is 1.22 bits per heavy atom. The number of H-pyrrole nitrogens is 2. The van der Waals surface area contributed by atoms with E-state index in [1.54, 1.807) is 0 Å². The topological polar surface area (TPSA) is 84.9 Å². The van der Waals surface area contributed by atoms with E-state index >= 15 is 0 Å². The summed E-state index contributed by atoms with van der Waals surface area (Å²) < 4.78 is 0. The monoisotopic (exact) mass is 428 g/mol. The summed E-state index contributed by atoms with van der Waals surface area (Å²) in [5, 5.41) is 11.4. The fraction of sp³-hybridized carbons (Fsp3) is 0.385. The van der Waals surface area contributed by atoms with Gasteiger partial charge in [-0.3, -0.25) is 5.01 Å². The van der Waals surface area contributed by atoms with Gasteiger partial charge in [-0.1, -0.05) is 6.07 Å². The molecule has 2 aromatic heterocycles. The predicted molar refractivity (Wildman–Crippen MR) is 133 cm³/mol. The van der Waals surface area contributed by atoms with Crippen molar-refractivity contribution in [1.29, 1.82) is 0 Å². The van der Waals surface area contributed by atoms with E-state index in [1.807, 2.05) is 5.01 Å². The normalized spacial score (nSPS) is 18.5. The smallest absolute Gasteiger partial charge is 0.0596 e. The largest absolute Gasteiger partial charge is 0.361 e. The molecule has 4 heterocycles. The van der Waals surface area contributed by atoms with E-state index < -0.39 is 0 Å². The molecule has 2 aromatic carbocycles. The molecule has 6 heteroatoms. The second kappa shape index (κ2) is 8.28. The predicted octanol–water partition coefficient (Wildman–Crippen LogP) is 4.60. The van der Waals surface area contributed by atoms with Gasteiger partial charge in [-0.05, 0) is 105 Å². The van der Waals surface area contributed by atoms with Crippen LogP contribution in [0.5, 0.6) is 0 Å². The SMILES string of the molecule is NN(c1ccc2c(C3CCNCC3)c[nH]c2c1)c1ccc2[nH]cc(C3CCNCC3)c2c1. The number of hydrogen-bond donors (Lipinski definition) is 5. The number of anilines is 2. The maximum atomic E-state index is 6.64. The van der Waals surface area contributed by atoms with Gasteiger partial charge in [0.2, 0.25) is 0 Å². The number of hydrazine groups is 1. The van der Waals surface area contributed by atoms with E-state index in [0.29, 0.717) is 11.8 Å². The van der Waals surface area contributed by atoms with Gasteiger partial charge >= 0.3 is 0 Å². The Hall–Kier alpha value is -2.80. The van der Waals surface area contributed by atoms with Gasteiger partial charge in [0.05, 0.1) is 11.4 Å². The molecule has 0 atom stereocenters. The Labute approximate surface area is 188 Å². The first kappa shape index (κ1) is 19.9. The fourth-order valence-corrected chi connectivity index (χ4v) is 5.66. The van der Waals surface area contributed by atoms with E-state index in [1.165, 1.54) is 53.1 Å². The molecular formula is C26H32N6. The minimum absolute atomic E-state index is 0.607. The molecule has 2 aliphatic rings. The Bertz CT molecular complexity index is 1230. The molecule has 4 aromatic rings. The van der Waals surface area contributed by atoms with Crippen LogP contribution in [0, 0.1) is 0 Å². The lowest BCUT2D eigenvalue weighted by Gasteiger charge is -2.23. The van der Waals surface area contributed by atoms with Gasteiger partial charge in [0, 0.05) is 34.2 Å². The van der Waals surface area contributed by atoms with Crippen LogP contribution < -0.4 is 21.5 Å². The van der Waals surface area contributed by atoms with Crippen LogP contribution in [-0.2, 0) is 0 Å². The number of rotatable bonds is 4. The van der Waals surface area contributed by atoms with Crippen molar-refractivity contribution in [2.45, 2.75) is 37.5 Å². The number of nitrogens with one attached hydrogen (secondary N) is 4. The van der Waals surface area contributed by atoms with Crippen LogP contribution in [0.3, 0.4) is 0 Å². The van der Waals surface area contributed by atoms with E-state index in [0.717, 1.165) is 43.1 Å². The van der Waals surface area contributed by atoms with Crippen LogP contribution in [0.1, 0.15) is 48.6 Å².